The lowest BCUT2D eigenvalue weighted by Gasteiger charge is -2.58. The molecule has 4 rings (SSSR count). The summed E-state index contributed by atoms with van der Waals surface area (Å²) < 4.78 is 0. The molecule has 0 bridgehead atoms. The normalized spacial score (nSPS) is 45.3. The Bertz CT molecular complexity index is 678. The minimum Gasteiger partial charge on any atom is -0.393 e. The zero-order valence-electron chi connectivity index (χ0n) is 21.8. The molecular weight excluding hydrogens is 376 g/mol. The third-order valence-electron chi connectivity index (χ3n) is 12.2. The number of aliphatic hydroxyl groups is 1. The number of allylic oxidation sites excluding steroid dienone is 1. The van der Waals surface area contributed by atoms with Crippen molar-refractivity contribution in [3.8, 4) is 0 Å². The summed E-state index contributed by atoms with van der Waals surface area (Å²) in [5.41, 5.74) is 3.08. The molecule has 9 atom stereocenters. The highest BCUT2D eigenvalue weighted by molar-refractivity contribution is 5.25. The minimum atomic E-state index is -0.0823. The van der Waals surface area contributed by atoms with E-state index in [0.29, 0.717) is 16.2 Å². The van der Waals surface area contributed by atoms with Crippen molar-refractivity contribution in [3.05, 3.63) is 11.6 Å². The molecule has 31 heavy (non-hydrogen) atoms. The molecule has 3 fully saturated rings. The molecule has 0 radical (unpaired) electrons. The molecule has 0 aromatic heterocycles. The van der Waals surface area contributed by atoms with Crippen molar-refractivity contribution in [2.45, 2.75) is 125 Å². The van der Waals surface area contributed by atoms with E-state index in [2.05, 4.69) is 54.5 Å². The first-order valence-electron chi connectivity index (χ1n) is 13.9. The van der Waals surface area contributed by atoms with Crippen LogP contribution in [-0.2, 0) is 0 Å². The summed E-state index contributed by atoms with van der Waals surface area (Å²) in [5.74, 6) is 5.28. The Labute approximate surface area is 193 Å². The fourth-order valence-electron chi connectivity index (χ4n) is 9.25. The number of aliphatic hydroxyl groups excluding tert-OH is 1. The van der Waals surface area contributed by atoms with E-state index in [-0.39, 0.29) is 6.10 Å². The van der Waals surface area contributed by atoms with Crippen LogP contribution >= 0.6 is 0 Å². The molecule has 0 aromatic rings. The zero-order valence-corrected chi connectivity index (χ0v) is 21.8. The second-order valence-electron chi connectivity index (χ2n) is 13.6. The van der Waals surface area contributed by atoms with E-state index in [1.807, 2.05) is 0 Å². The van der Waals surface area contributed by atoms with Crippen molar-refractivity contribution < 1.29 is 5.11 Å². The van der Waals surface area contributed by atoms with Gasteiger partial charge in [-0.1, -0.05) is 66.5 Å². The molecular formula is C30H52O. The average Bonchev–Trinajstić information content (AvgIpc) is 3.09. The Morgan fingerprint density at radius 3 is 2.48 bits per heavy atom. The summed E-state index contributed by atoms with van der Waals surface area (Å²) in [6.45, 7) is 17.7. The minimum absolute atomic E-state index is 0.0823. The van der Waals surface area contributed by atoms with E-state index in [9.17, 15) is 5.11 Å². The molecule has 1 N–H and O–H groups in total. The lowest BCUT2D eigenvalue weighted by molar-refractivity contribution is -0.0579. The van der Waals surface area contributed by atoms with Gasteiger partial charge in [-0.3, -0.25) is 0 Å². The predicted molar refractivity (Wildman–Crippen MR) is 133 cm³/mol. The standard InChI is InChI=1S/C30H52O/c1-8-28(5,20(2)3)16-13-21(4)25-11-12-26-24-10-9-22-19-23(31)14-17-29(22,6)27(24)15-18-30(25,26)7/h9,20-21,23-27,31H,8,10-19H2,1-7H3/t21-,23+,24?,25-,26?,27?,28?,29+,30-/m1/s1. The van der Waals surface area contributed by atoms with Crippen LogP contribution in [0.5, 0.6) is 0 Å². The van der Waals surface area contributed by atoms with Crippen molar-refractivity contribution in [2.75, 3.05) is 0 Å². The molecule has 0 heterocycles. The molecule has 0 saturated heterocycles. The molecule has 4 unspecified atom stereocenters. The molecule has 178 valence electrons. The maximum absolute atomic E-state index is 10.3. The van der Waals surface area contributed by atoms with Gasteiger partial charge < -0.3 is 5.11 Å². The molecule has 0 spiro atoms. The fourth-order valence-corrected chi connectivity index (χ4v) is 9.25. The predicted octanol–water partition coefficient (Wildman–Crippen LogP) is 8.41. The van der Waals surface area contributed by atoms with E-state index in [4.69, 9.17) is 0 Å². The Morgan fingerprint density at radius 2 is 1.81 bits per heavy atom. The third-order valence-corrected chi connectivity index (χ3v) is 12.2. The van der Waals surface area contributed by atoms with Crippen molar-refractivity contribution >= 4 is 0 Å². The van der Waals surface area contributed by atoms with Crippen molar-refractivity contribution in [1.29, 1.82) is 0 Å². The largest absolute Gasteiger partial charge is 0.393 e. The van der Waals surface area contributed by atoms with E-state index >= 15 is 0 Å². The first-order valence-corrected chi connectivity index (χ1v) is 13.9. The van der Waals surface area contributed by atoms with Gasteiger partial charge in [0.2, 0.25) is 0 Å². The van der Waals surface area contributed by atoms with Crippen LogP contribution in [0, 0.1) is 51.8 Å². The van der Waals surface area contributed by atoms with Crippen molar-refractivity contribution in [2.24, 2.45) is 51.8 Å². The molecule has 0 amide bonds. The van der Waals surface area contributed by atoms with Crippen LogP contribution in [0.15, 0.2) is 11.6 Å². The molecule has 3 saturated carbocycles. The first kappa shape index (κ1) is 23.8. The van der Waals surface area contributed by atoms with E-state index in [1.54, 1.807) is 5.57 Å². The van der Waals surface area contributed by atoms with Crippen LogP contribution in [0.3, 0.4) is 0 Å². The molecule has 4 aliphatic carbocycles. The van der Waals surface area contributed by atoms with Gasteiger partial charge >= 0.3 is 0 Å². The monoisotopic (exact) mass is 428 g/mol. The highest BCUT2D eigenvalue weighted by Gasteiger charge is 2.59. The van der Waals surface area contributed by atoms with Gasteiger partial charge in [0.15, 0.2) is 0 Å². The van der Waals surface area contributed by atoms with Crippen LogP contribution < -0.4 is 0 Å². The summed E-state index contributed by atoms with van der Waals surface area (Å²) >= 11 is 0. The van der Waals surface area contributed by atoms with Crippen LogP contribution in [0.25, 0.3) is 0 Å². The summed E-state index contributed by atoms with van der Waals surface area (Å²) in [5, 5.41) is 10.3. The number of fused-ring (bicyclic) bond motifs is 5. The summed E-state index contributed by atoms with van der Waals surface area (Å²) in [6, 6.07) is 0. The second kappa shape index (κ2) is 8.48. The molecule has 4 aliphatic rings. The fraction of sp³-hybridized carbons (Fsp3) is 0.933. The van der Waals surface area contributed by atoms with Gasteiger partial charge in [0.05, 0.1) is 6.10 Å². The molecule has 0 aromatic carbocycles. The lowest BCUT2D eigenvalue weighted by Crippen LogP contribution is -2.50. The van der Waals surface area contributed by atoms with Crippen molar-refractivity contribution in [1.82, 2.24) is 0 Å². The summed E-state index contributed by atoms with van der Waals surface area (Å²) in [6.07, 6.45) is 17.0. The highest BCUT2D eigenvalue weighted by atomic mass is 16.3. The Morgan fingerprint density at radius 1 is 1.06 bits per heavy atom. The maximum atomic E-state index is 10.3. The molecule has 1 nitrogen and oxygen atoms in total. The van der Waals surface area contributed by atoms with Gasteiger partial charge in [-0.25, -0.2) is 0 Å². The Hall–Kier alpha value is -0.300. The van der Waals surface area contributed by atoms with Crippen LogP contribution in [0.4, 0.5) is 0 Å². The zero-order chi connectivity index (χ0) is 22.6. The lowest BCUT2D eigenvalue weighted by atomic mass is 9.47. The topological polar surface area (TPSA) is 20.2 Å². The van der Waals surface area contributed by atoms with Gasteiger partial charge in [0.25, 0.3) is 0 Å². The van der Waals surface area contributed by atoms with E-state index < -0.39 is 0 Å². The van der Waals surface area contributed by atoms with Gasteiger partial charge in [-0.05, 0) is 116 Å². The Balaban J connectivity index is 1.48. The van der Waals surface area contributed by atoms with Crippen LogP contribution in [0.1, 0.15) is 119 Å². The van der Waals surface area contributed by atoms with Gasteiger partial charge in [0, 0.05) is 0 Å². The molecule has 0 aliphatic heterocycles. The average molecular weight is 429 g/mol. The first-order chi connectivity index (χ1) is 14.5. The maximum Gasteiger partial charge on any atom is 0.0577 e. The SMILES string of the molecule is CCC(C)(CC[C@@H](C)[C@H]1CCC2C3CC=C4C[C@@H](O)CC[C@]4(C)C3CC[C@@]21C)C(C)C. The van der Waals surface area contributed by atoms with Gasteiger partial charge in [-0.2, -0.15) is 0 Å². The number of hydrogen-bond acceptors (Lipinski definition) is 1. The van der Waals surface area contributed by atoms with Crippen LogP contribution in [-0.4, -0.2) is 11.2 Å². The van der Waals surface area contributed by atoms with Crippen molar-refractivity contribution in [3.63, 3.8) is 0 Å². The van der Waals surface area contributed by atoms with E-state index in [1.165, 1.54) is 57.8 Å². The van der Waals surface area contributed by atoms with Crippen LogP contribution in [0.2, 0.25) is 0 Å². The number of rotatable bonds is 6. The van der Waals surface area contributed by atoms with E-state index in [0.717, 1.165) is 48.3 Å². The Kier molecular flexibility index (Phi) is 6.53. The third kappa shape index (κ3) is 3.87. The number of hydrogen-bond donors (Lipinski definition) is 1. The molecule has 1 heteroatoms. The smallest absolute Gasteiger partial charge is 0.0577 e. The van der Waals surface area contributed by atoms with Gasteiger partial charge in [0.1, 0.15) is 0 Å². The highest BCUT2D eigenvalue weighted by Crippen LogP contribution is 2.67. The summed E-state index contributed by atoms with van der Waals surface area (Å²) in [4.78, 5) is 0. The second-order valence-corrected chi connectivity index (χ2v) is 13.6. The summed E-state index contributed by atoms with van der Waals surface area (Å²) in [7, 11) is 0. The van der Waals surface area contributed by atoms with Gasteiger partial charge in [-0.15, -0.1) is 0 Å². The quantitative estimate of drug-likeness (QED) is 0.421.